The van der Waals surface area contributed by atoms with Gasteiger partial charge in [0.25, 0.3) is 0 Å². The molecule has 0 spiro atoms. The Hall–Kier alpha value is -8.43. The number of hydrogen-bond acceptors (Lipinski definition) is 14. The molecule has 6 heterocycles. The van der Waals surface area contributed by atoms with Crippen molar-refractivity contribution in [2.24, 2.45) is 35.2 Å². The molecule has 13 aromatic rings. The van der Waals surface area contributed by atoms with Gasteiger partial charge in [-0.3, -0.25) is 39.5 Å². The fourth-order valence-electron chi connectivity index (χ4n) is 9.32. The maximum absolute atomic E-state index is 12.9. The van der Waals surface area contributed by atoms with E-state index >= 15 is 0 Å². The van der Waals surface area contributed by atoms with Crippen LogP contribution in [-0.2, 0) is 185 Å². The van der Waals surface area contributed by atoms with Gasteiger partial charge in [-0.1, -0.05) is 42.0 Å². The second kappa shape index (κ2) is 53.4. The number of ketones is 2. The number of aryl methyl sites for hydroxylation is 3. The molecule has 13 rings (SSSR count). The molecule has 0 bridgehead atoms. The van der Waals surface area contributed by atoms with Crippen LogP contribution in [0.15, 0.2) is 243 Å². The van der Waals surface area contributed by atoms with Crippen molar-refractivity contribution in [3.8, 4) is 74.1 Å². The molecule has 0 unspecified atom stereocenters. The Labute approximate surface area is 713 Å². The topological polar surface area (TPSA) is 234 Å². The molecular weight excluding hydrogens is 2440 g/mol. The first-order valence-electron chi connectivity index (χ1n) is 31.9. The summed E-state index contributed by atoms with van der Waals surface area (Å²) < 4.78 is 29.3. The van der Waals surface area contributed by atoms with E-state index in [9.17, 15) is 19.1 Å². The quantitative estimate of drug-likeness (QED) is 0.0450. The molecule has 108 heavy (non-hydrogen) atoms. The maximum atomic E-state index is 12.9. The summed E-state index contributed by atoms with van der Waals surface area (Å²) in [6.45, 7) is 6.48. The third-order valence-corrected chi connectivity index (χ3v) is 14.4. The second-order valence-electron chi connectivity index (χ2n) is 22.6. The maximum Gasteiger partial charge on any atom is 0.204 e. The van der Waals surface area contributed by atoms with E-state index in [2.05, 4.69) is 106 Å². The first-order chi connectivity index (χ1) is 49.1. The SMILES string of the molecule is CC(=O)C=C(C)O.CC(=O)C=C(C)O.CN(C)c1c[c-]c(-c2nccn2C)cc1.COc1c[c-]c(-c2nccn2C)c(CO)c1.Cn1c(CO)cnc1-c1[c-]cccc1.Cn1c(F)cnc1-c1[c-]cccc1.Cn1ccnc1-c1[c-]cccc1.[Ir].[Ir].[Ir].[Ir].[Ir].[Ir].[c-]1ccccc1-c1nccn1Cc1ccccc1. The van der Waals surface area contributed by atoms with Crippen molar-refractivity contribution in [3.63, 3.8) is 0 Å². The van der Waals surface area contributed by atoms with Crippen LogP contribution < -0.4 is 9.64 Å². The van der Waals surface area contributed by atoms with E-state index in [4.69, 9.17) is 20.1 Å². The molecule has 0 saturated heterocycles. The van der Waals surface area contributed by atoms with Crippen molar-refractivity contribution < 1.29 is 160 Å². The number of halogens is 1. The van der Waals surface area contributed by atoms with Gasteiger partial charge in [0, 0.05) is 243 Å². The van der Waals surface area contributed by atoms with E-state index in [0.29, 0.717) is 11.6 Å². The fourth-order valence-corrected chi connectivity index (χ4v) is 9.32. The zero-order chi connectivity index (χ0) is 73.9. The number of aromatic nitrogens is 12. The molecular formula is C81H84FIr6N13O7-6. The van der Waals surface area contributed by atoms with Crippen molar-refractivity contribution >= 4 is 17.3 Å². The Kier molecular flexibility index (Phi) is 49.2. The number of carbonyl (C=O) groups is 2. The summed E-state index contributed by atoms with van der Waals surface area (Å²) >= 11 is 0. The normalized spacial score (nSPS) is 9.92. The number of carbonyl (C=O) groups excluding carboxylic acids is 2. The standard InChI is InChI=1S/C16H13N2.C12H14N3.C12H13N2O2.C11H11N2O.C10H8FN2.C10H9N2.2C5H8O2.6Ir/c1-3-7-14(8-4-1)13-18-12-11-17-16(18)15-9-5-2-6-10-15;1-14(2)11-6-4-10(5-7-11)12-13-8-9-15(12)3;1-14-6-5-13-12(14)11-4-3-10(16-2)7-9(11)8-15;1-13-10(8-14)7-12-11(13)9-5-3-2-4-6-9;1-13-9(11)7-12-10(13)8-5-3-2-4-6-8;1-12-8-7-11-10(12)9-5-3-2-4-6-9;2*1-4(6)3-5(2)7;;;;;;/h1-9,11-12H,13H2;4,6-9H,1-3H3;3,5-7,15H,8H2,1-2H3;2-5,7,14H,8H2,1H3;2-5,7H,1H3;2-5,7-8H,1H3;2*3,6H,1-2H3;;;;;;/q6*-1;;;;;;;;. The van der Waals surface area contributed by atoms with Crippen molar-refractivity contribution in [2.45, 2.75) is 47.5 Å². The minimum atomic E-state index is -0.341. The molecule has 0 aliphatic rings. The van der Waals surface area contributed by atoms with Crippen LogP contribution in [0.4, 0.5) is 10.1 Å². The van der Waals surface area contributed by atoms with Gasteiger partial charge in [-0.2, -0.15) is 4.39 Å². The van der Waals surface area contributed by atoms with Crippen molar-refractivity contribution in [1.29, 1.82) is 0 Å². The minimum Gasteiger partial charge on any atom is -0.540 e. The van der Waals surface area contributed by atoms with Crippen LogP contribution in [0.3, 0.4) is 0 Å². The average Bonchev–Trinajstić information content (AvgIpc) is 1.57. The van der Waals surface area contributed by atoms with Gasteiger partial charge in [0.2, 0.25) is 5.95 Å². The Bertz CT molecular complexity index is 4650. The molecule has 20 nitrogen and oxygen atoms in total. The summed E-state index contributed by atoms with van der Waals surface area (Å²) in [6, 6.07) is 69.5. The van der Waals surface area contributed by atoms with Crippen molar-refractivity contribution in [3.05, 3.63) is 303 Å². The molecule has 27 heteroatoms. The third kappa shape index (κ3) is 32.8. The van der Waals surface area contributed by atoms with E-state index < -0.39 is 0 Å². The number of methoxy groups -OCH3 is 1. The molecule has 0 amide bonds. The Morgan fingerprint density at radius 2 is 0.898 bits per heavy atom. The number of hydrogen-bond donors (Lipinski definition) is 4. The van der Waals surface area contributed by atoms with E-state index in [-0.39, 0.29) is 163 Å². The number of aliphatic hydroxyl groups excluding tert-OH is 4. The van der Waals surface area contributed by atoms with Gasteiger partial charge in [-0.15, -0.1) is 191 Å². The van der Waals surface area contributed by atoms with Gasteiger partial charge in [0.1, 0.15) is 0 Å². The van der Waals surface area contributed by atoms with Gasteiger partial charge in [0.15, 0.2) is 11.6 Å². The van der Waals surface area contributed by atoms with Gasteiger partial charge < -0.3 is 57.5 Å². The van der Waals surface area contributed by atoms with E-state index in [0.717, 1.165) is 86.0 Å². The van der Waals surface area contributed by atoms with Gasteiger partial charge >= 0.3 is 0 Å². The van der Waals surface area contributed by atoms with Gasteiger partial charge in [-0.25, -0.2) is 0 Å². The molecule has 6 aromatic heterocycles. The summed E-state index contributed by atoms with van der Waals surface area (Å²) in [5.74, 6) is 5.28. The number of rotatable bonds is 14. The monoisotopic (exact) mass is 2530 g/mol. The van der Waals surface area contributed by atoms with Gasteiger partial charge in [-0.05, 0) is 53.0 Å². The van der Waals surface area contributed by atoms with Gasteiger partial charge in [0.05, 0.1) is 72.1 Å². The summed E-state index contributed by atoms with van der Waals surface area (Å²) in [5, 5.41) is 35.0. The van der Waals surface area contributed by atoms with Crippen LogP contribution >= 0.6 is 0 Å². The summed E-state index contributed by atoms with van der Waals surface area (Å²) in [5.41, 5.74) is 9.60. The fraction of sp³-hybridized carbons (Fsp3) is 0.185. The second-order valence-corrected chi connectivity index (χ2v) is 22.6. The zero-order valence-electron chi connectivity index (χ0n) is 61.3. The number of aliphatic hydroxyl groups is 4. The first-order valence-corrected chi connectivity index (χ1v) is 31.9. The van der Waals surface area contributed by atoms with Crippen LogP contribution in [0.2, 0.25) is 0 Å². The molecule has 4 N–H and O–H groups in total. The number of allylic oxidation sites excluding steroid dienone is 4. The zero-order valence-corrected chi connectivity index (χ0v) is 75.6. The van der Waals surface area contributed by atoms with E-state index in [1.54, 1.807) is 57.1 Å². The van der Waals surface area contributed by atoms with E-state index in [1.807, 2.05) is 201 Å². The Morgan fingerprint density at radius 1 is 0.481 bits per heavy atom. The van der Waals surface area contributed by atoms with Crippen LogP contribution in [0.5, 0.6) is 5.75 Å². The third-order valence-electron chi connectivity index (χ3n) is 14.4. The smallest absolute Gasteiger partial charge is 0.204 e. The molecule has 7 aromatic carbocycles. The van der Waals surface area contributed by atoms with Crippen LogP contribution in [0.1, 0.15) is 44.5 Å². The minimum absolute atomic E-state index is 0. The predicted octanol–water partition coefficient (Wildman–Crippen LogP) is 14.1. The average molecular weight is 2520 g/mol. The number of benzene rings is 7. The largest absolute Gasteiger partial charge is 0.540 e. The summed E-state index contributed by atoms with van der Waals surface area (Å²) in [4.78, 5) is 47.4. The number of anilines is 1. The molecule has 0 atom stereocenters. The van der Waals surface area contributed by atoms with Crippen molar-refractivity contribution in [1.82, 2.24) is 57.3 Å². The molecule has 0 aliphatic heterocycles. The Balaban J connectivity index is 0.00000122. The van der Waals surface area contributed by atoms with E-state index in [1.165, 1.54) is 56.2 Å². The summed E-state index contributed by atoms with van der Waals surface area (Å²) in [6.07, 6.45) is 20.1. The predicted molar refractivity (Wildman–Crippen MR) is 396 cm³/mol. The number of imidazole rings is 6. The van der Waals surface area contributed by atoms with Crippen LogP contribution in [-0.4, -0.2) is 111 Å². The molecule has 0 saturated carbocycles. The Morgan fingerprint density at radius 3 is 1.25 bits per heavy atom. The molecule has 0 aliphatic carbocycles. The summed E-state index contributed by atoms with van der Waals surface area (Å²) in [7, 11) is 15.0. The molecule has 0 fully saturated rings. The molecule has 6 radical (unpaired) electrons. The van der Waals surface area contributed by atoms with Crippen molar-refractivity contribution in [2.75, 3.05) is 26.1 Å². The van der Waals surface area contributed by atoms with Crippen LogP contribution in [0.25, 0.3) is 68.3 Å². The first kappa shape index (κ1) is 99.6. The molecule has 582 valence electrons. The number of nitrogens with zero attached hydrogens (tertiary/aromatic N) is 13. The number of ether oxygens (including phenoxy) is 1. The van der Waals surface area contributed by atoms with Crippen LogP contribution in [0, 0.1) is 42.3 Å².